The van der Waals surface area contributed by atoms with Crippen LogP contribution in [0.4, 0.5) is 20.6 Å². The highest BCUT2D eigenvalue weighted by molar-refractivity contribution is 6.31. The van der Waals surface area contributed by atoms with Gasteiger partial charge >= 0.3 is 6.03 Å². The molecule has 0 aliphatic heterocycles. The number of anilines is 2. The first-order chi connectivity index (χ1) is 9.97. The standard InChI is InChI=1S/C14H11Cl2FN2O2/c15-9-2-1-8(7-20)13(5-9)19-14(21)18-12-4-10(16)3-11(17)6-12/h1-6,20H,7H2,(H2,18,19,21). The van der Waals surface area contributed by atoms with Gasteiger partial charge in [0, 0.05) is 27.0 Å². The summed E-state index contributed by atoms with van der Waals surface area (Å²) in [6.07, 6.45) is 0. The Morgan fingerprint density at radius 2 is 1.86 bits per heavy atom. The monoisotopic (exact) mass is 328 g/mol. The van der Waals surface area contributed by atoms with E-state index in [4.69, 9.17) is 23.2 Å². The van der Waals surface area contributed by atoms with E-state index in [-0.39, 0.29) is 17.3 Å². The highest BCUT2D eigenvalue weighted by atomic mass is 35.5. The van der Waals surface area contributed by atoms with Gasteiger partial charge in [0.05, 0.1) is 6.61 Å². The van der Waals surface area contributed by atoms with E-state index in [0.29, 0.717) is 16.3 Å². The van der Waals surface area contributed by atoms with Gasteiger partial charge in [0.1, 0.15) is 5.82 Å². The normalized spacial score (nSPS) is 10.3. The van der Waals surface area contributed by atoms with E-state index in [1.807, 2.05) is 0 Å². The molecule has 2 rings (SSSR count). The van der Waals surface area contributed by atoms with Gasteiger partial charge in [0.25, 0.3) is 0 Å². The van der Waals surface area contributed by atoms with Gasteiger partial charge in [-0.1, -0.05) is 29.3 Å². The van der Waals surface area contributed by atoms with Crippen molar-refractivity contribution in [2.45, 2.75) is 6.61 Å². The van der Waals surface area contributed by atoms with E-state index in [1.165, 1.54) is 12.1 Å². The van der Waals surface area contributed by atoms with Gasteiger partial charge < -0.3 is 15.7 Å². The Morgan fingerprint density at radius 1 is 1.10 bits per heavy atom. The highest BCUT2D eigenvalue weighted by Gasteiger charge is 2.08. The van der Waals surface area contributed by atoms with E-state index in [0.717, 1.165) is 12.1 Å². The van der Waals surface area contributed by atoms with Crippen molar-refractivity contribution in [3.8, 4) is 0 Å². The SMILES string of the molecule is O=C(Nc1cc(F)cc(Cl)c1)Nc1cc(Cl)ccc1CO. The fourth-order valence-electron chi connectivity index (χ4n) is 1.71. The van der Waals surface area contributed by atoms with Crippen molar-refractivity contribution in [3.05, 3.63) is 57.8 Å². The van der Waals surface area contributed by atoms with Crippen molar-refractivity contribution in [1.29, 1.82) is 0 Å². The first-order valence-corrected chi connectivity index (χ1v) is 6.67. The summed E-state index contributed by atoms with van der Waals surface area (Å²) in [7, 11) is 0. The second-order valence-electron chi connectivity index (χ2n) is 4.20. The molecule has 0 bridgehead atoms. The molecule has 0 spiro atoms. The fraction of sp³-hybridized carbons (Fsp3) is 0.0714. The Bertz CT molecular complexity index is 660. The lowest BCUT2D eigenvalue weighted by Crippen LogP contribution is -2.20. The summed E-state index contributed by atoms with van der Waals surface area (Å²) in [6, 6.07) is 7.77. The first kappa shape index (κ1) is 15.6. The van der Waals surface area contributed by atoms with Crippen LogP contribution in [0.1, 0.15) is 5.56 Å². The van der Waals surface area contributed by atoms with E-state index in [1.54, 1.807) is 12.1 Å². The van der Waals surface area contributed by atoms with E-state index < -0.39 is 11.8 Å². The Morgan fingerprint density at radius 3 is 2.52 bits per heavy atom. The summed E-state index contributed by atoms with van der Waals surface area (Å²) in [4.78, 5) is 11.9. The molecule has 2 amide bonds. The van der Waals surface area contributed by atoms with Gasteiger partial charge in [-0.15, -0.1) is 0 Å². The number of hydrogen-bond acceptors (Lipinski definition) is 2. The largest absolute Gasteiger partial charge is 0.392 e. The number of rotatable bonds is 3. The molecule has 0 heterocycles. The minimum absolute atomic E-state index is 0.170. The molecule has 0 saturated heterocycles. The molecule has 0 atom stereocenters. The lowest BCUT2D eigenvalue weighted by molar-refractivity contribution is 0.262. The zero-order chi connectivity index (χ0) is 15.4. The predicted octanol–water partition coefficient (Wildman–Crippen LogP) is 4.27. The zero-order valence-electron chi connectivity index (χ0n) is 10.7. The number of carbonyl (C=O) groups is 1. The summed E-state index contributed by atoms with van der Waals surface area (Å²) < 4.78 is 13.2. The van der Waals surface area contributed by atoms with Gasteiger partial charge in [-0.05, 0) is 30.3 Å². The van der Waals surface area contributed by atoms with Crippen LogP contribution in [0.15, 0.2) is 36.4 Å². The van der Waals surface area contributed by atoms with Crippen LogP contribution in [-0.2, 0) is 6.61 Å². The molecule has 2 aromatic carbocycles. The molecule has 0 radical (unpaired) electrons. The predicted molar refractivity (Wildman–Crippen MR) is 81.4 cm³/mol. The zero-order valence-corrected chi connectivity index (χ0v) is 12.2. The van der Waals surface area contributed by atoms with Crippen LogP contribution in [0.25, 0.3) is 0 Å². The average molecular weight is 329 g/mol. The quantitative estimate of drug-likeness (QED) is 0.787. The Labute approximate surface area is 130 Å². The van der Waals surface area contributed by atoms with Crippen LogP contribution in [-0.4, -0.2) is 11.1 Å². The maximum Gasteiger partial charge on any atom is 0.323 e. The molecular formula is C14H11Cl2FN2O2. The van der Waals surface area contributed by atoms with Crippen LogP contribution < -0.4 is 10.6 Å². The fourth-order valence-corrected chi connectivity index (χ4v) is 2.11. The van der Waals surface area contributed by atoms with Crippen LogP contribution >= 0.6 is 23.2 Å². The molecule has 3 N–H and O–H groups in total. The number of urea groups is 1. The Balaban J connectivity index is 2.13. The summed E-state index contributed by atoms with van der Waals surface area (Å²) in [6.45, 7) is -0.251. The molecule has 4 nitrogen and oxygen atoms in total. The molecule has 0 aliphatic carbocycles. The number of aliphatic hydroxyl groups is 1. The topological polar surface area (TPSA) is 61.4 Å². The Kier molecular flexibility index (Phi) is 5.01. The van der Waals surface area contributed by atoms with Crippen LogP contribution in [0.5, 0.6) is 0 Å². The number of halogens is 3. The Hall–Kier alpha value is -1.82. The summed E-state index contributed by atoms with van der Waals surface area (Å²) in [5.74, 6) is -0.559. The molecule has 0 saturated carbocycles. The van der Waals surface area contributed by atoms with Crippen molar-refractivity contribution >= 4 is 40.6 Å². The van der Waals surface area contributed by atoms with E-state index >= 15 is 0 Å². The molecule has 21 heavy (non-hydrogen) atoms. The number of amides is 2. The molecule has 110 valence electrons. The molecule has 2 aromatic rings. The van der Waals surface area contributed by atoms with Crippen molar-refractivity contribution < 1.29 is 14.3 Å². The van der Waals surface area contributed by atoms with Gasteiger partial charge in [-0.3, -0.25) is 0 Å². The molecule has 0 fully saturated rings. The smallest absolute Gasteiger partial charge is 0.323 e. The van der Waals surface area contributed by atoms with Crippen molar-refractivity contribution in [1.82, 2.24) is 0 Å². The van der Waals surface area contributed by atoms with Crippen LogP contribution in [0.2, 0.25) is 10.0 Å². The van der Waals surface area contributed by atoms with Gasteiger partial charge in [-0.25, -0.2) is 9.18 Å². The second kappa shape index (κ2) is 6.76. The highest BCUT2D eigenvalue weighted by Crippen LogP contribution is 2.22. The lowest BCUT2D eigenvalue weighted by atomic mass is 10.2. The van der Waals surface area contributed by atoms with Crippen LogP contribution in [0.3, 0.4) is 0 Å². The first-order valence-electron chi connectivity index (χ1n) is 5.91. The minimum atomic E-state index is -0.603. The van der Waals surface area contributed by atoms with Crippen molar-refractivity contribution in [2.75, 3.05) is 10.6 Å². The van der Waals surface area contributed by atoms with Crippen molar-refractivity contribution in [2.24, 2.45) is 0 Å². The van der Waals surface area contributed by atoms with Gasteiger partial charge in [0.2, 0.25) is 0 Å². The van der Waals surface area contributed by atoms with Crippen LogP contribution in [0, 0.1) is 5.82 Å². The second-order valence-corrected chi connectivity index (χ2v) is 5.07. The third-order valence-electron chi connectivity index (χ3n) is 2.61. The molecule has 0 unspecified atom stereocenters. The maximum absolute atomic E-state index is 13.2. The molecular weight excluding hydrogens is 318 g/mol. The number of carbonyl (C=O) groups excluding carboxylic acids is 1. The number of aliphatic hydroxyl groups excluding tert-OH is 1. The molecule has 0 aromatic heterocycles. The lowest BCUT2D eigenvalue weighted by Gasteiger charge is -2.11. The summed E-state index contributed by atoms with van der Waals surface area (Å²) in [5.41, 5.74) is 1.09. The molecule has 7 heteroatoms. The molecule has 0 aliphatic rings. The van der Waals surface area contributed by atoms with E-state index in [9.17, 15) is 14.3 Å². The van der Waals surface area contributed by atoms with Crippen molar-refractivity contribution in [3.63, 3.8) is 0 Å². The summed E-state index contributed by atoms with van der Waals surface area (Å²) in [5, 5.41) is 14.8. The maximum atomic E-state index is 13.2. The van der Waals surface area contributed by atoms with Gasteiger partial charge in [0.15, 0.2) is 0 Å². The van der Waals surface area contributed by atoms with Gasteiger partial charge in [-0.2, -0.15) is 0 Å². The number of hydrogen-bond donors (Lipinski definition) is 3. The third kappa shape index (κ3) is 4.32. The van der Waals surface area contributed by atoms with E-state index in [2.05, 4.69) is 10.6 Å². The summed E-state index contributed by atoms with van der Waals surface area (Å²) >= 11 is 11.5. The average Bonchev–Trinajstić information content (AvgIpc) is 2.37. The third-order valence-corrected chi connectivity index (χ3v) is 3.06. The number of nitrogens with one attached hydrogen (secondary N) is 2. The minimum Gasteiger partial charge on any atom is -0.392 e. The number of benzene rings is 2.